The van der Waals surface area contributed by atoms with Crippen molar-refractivity contribution in [2.45, 2.75) is 41.3 Å². The van der Waals surface area contributed by atoms with Crippen molar-refractivity contribution in [1.29, 1.82) is 0 Å². The quantitative estimate of drug-likeness (QED) is 0.537. The third kappa shape index (κ3) is 4.62. The maximum Gasteiger partial charge on any atom is 0.421 e. The molecule has 10 heteroatoms. The zero-order valence-corrected chi connectivity index (χ0v) is 18.8. The van der Waals surface area contributed by atoms with Crippen LogP contribution >= 0.6 is 0 Å². The summed E-state index contributed by atoms with van der Waals surface area (Å²) in [5.74, 6) is 6.25. The van der Waals surface area contributed by atoms with Crippen molar-refractivity contribution in [3.8, 4) is 23.1 Å². The Morgan fingerprint density at radius 1 is 1.03 bits per heavy atom. The number of benzene rings is 1. The summed E-state index contributed by atoms with van der Waals surface area (Å²) < 4.78 is 65.7. The molecule has 2 aromatic heterocycles. The first kappa shape index (κ1) is 23.7. The molecule has 1 atom stereocenters. The number of aromatic nitrogens is 2. The monoisotopic (exact) mass is 487 g/mol. The van der Waals surface area contributed by atoms with Crippen LogP contribution in [0.5, 0.6) is 0 Å². The smallest absolute Gasteiger partial charge is 0.384 e. The van der Waals surface area contributed by atoms with Crippen molar-refractivity contribution in [1.82, 2.24) is 9.97 Å². The van der Waals surface area contributed by atoms with E-state index in [1.54, 1.807) is 0 Å². The molecule has 3 N–H and O–H groups in total. The Balaban J connectivity index is 1.74. The van der Waals surface area contributed by atoms with Crippen molar-refractivity contribution < 1.29 is 26.7 Å². The van der Waals surface area contributed by atoms with Gasteiger partial charge in [-0.2, -0.15) is 13.2 Å². The molecule has 0 unspecified atom stereocenters. The van der Waals surface area contributed by atoms with Gasteiger partial charge in [-0.3, -0.25) is 4.98 Å². The first-order valence-electron chi connectivity index (χ1n) is 10.3. The summed E-state index contributed by atoms with van der Waals surface area (Å²) in [5, 5.41) is 10.1. The third-order valence-electron chi connectivity index (χ3n) is 5.50. The second kappa shape index (κ2) is 8.42. The summed E-state index contributed by atoms with van der Waals surface area (Å²) in [5.41, 5.74) is 2.95. The van der Waals surface area contributed by atoms with E-state index >= 15 is 0 Å². The van der Waals surface area contributed by atoms with Crippen LogP contribution in [-0.2, 0) is 15.4 Å². The van der Waals surface area contributed by atoms with Crippen LogP contribution in [0.25, 0.3) is 11.3 Å². The second-order valence-corrected chi connectivity index (χ2v) is 10.1. The van der Waals surface area contributed by atoms with E-state index in [4.69, 9.17) is 5.73 Å². The third-order valence-corrected chi connectivity index (χ3v) is 7.25. The Morgan fingerprint density at radius 2 is 1.68 bits per heavy atom. The van der Waals surface area contributed by atoms with Gasteiger partial charge in [0, 0.05) is 29.4 Å². The van der Waals surface area contributed by atoms with Crippen LogP contribution in [0.3, 0.4) is 0 Å². The number of nitrogen functional groups attached to an aromatic ring is 1. The highest BCUT2D eigenvalue weighted by molar-refractivity contribution is 7.91. The molecule has 1 aromatic carbocycles. The van der Waals surface area contributed by atoms with Crippen LogP contribution in [0.15, 0.2) is 64.6 Å². The molecule has 2 heterocycles. The number of hydrogen-bond donors (Lipinski definition) is 2. The average Bonchev–Trinajstić information content (AvgIpc) is 3.62. The zero-order chi connectivity index (χ0) is 24.7. The lowest BCUT2D eigenvalue weighted by atomic mass is 9.94. The van der Waals surface area contributed by atoms with Gasteiger partial charge in [-0.1, -0.05) is 24.0 Å². The number of rotatable bonds is 4. The molecule has 0 saturated heterocycles. The summed E-state index contributed by atoms with van der Waals surface area (Å²) in [4.78, 5) is 7.94. The summed E-state index contributed by atoms with van der Waals surface area (Å²) in [7, 11) is -3.84. The molecular weight excluding hydrogens is 467 g/mol. The average molecular weight is 488 g/mol. The number of anilines is 1. The second-order valence-electron chi connectivity index (χ2n) is 8.18. The minimum atomic E-state index is -4.90. The van der Waals surface area contributed by atoms with Crippen molar-refractivity contribution in [3.63, 3.8) is 0 Å². The van der Waals surface area contributed by atoms with E-state index in [9.17, 15) is 26.7 Å². The molecule has 6 nitrogen and oxygen atoms in total. The van der Waals surface area contributed by atoms with Gasteiger partial charge in [0.15, 0.2) is 5.60 Å². The van der Waals surface area contributed by atoms with E-state index in [1.807, 2.05) is 0 Å². The number of hydrogen-bond acceptors (Lipinski definition) is 6. The Labute approximate surface area is 194 Å². The van der Waals surface area contributed by atoms with Crippen LogP contribution in [0.4, 0.5) is 19.0 Å². The van der Waals surface area contributed by atoms with Gasteiger partial charge in [-0.15, -0.1) is 0 Å². The Bertz CT molecular complexity index is 1390. The fourth-order valence-electron chi connectivity index (χ4n) is 3.11. The van der Waals surface area contributed by atoms with Crippen LogP contribution in [-0.4, -0.2) is 29.7 Å². The highest BCUT2D eigenvalue weighted by Gasteiger charge is 2.51. The lowest BCUT2D eigenvalue weighted by molar-refractivity contribution is -0.259. The van der Waals surface area contributed by atoms with Gasteiger partial charge in [0.25, 0.3) is 0 Å². The van der Waals surface area contributed by atoms with E-state index in [0.29, 0.717) is 12.5 Å². The van der Waals surface area contributed by atoms with Gasteiger partial charge in [-0.25, -0.2) is 13.4 Å². The molecule has 176 valence electrons. The summed E-state index contributed by atoms with van der Waals surface area (Å²) in [6, 6.07) is 9.67. The van der Waals surface area contributed by atoms with Gasteiger partial charge < -0.3 is 10.8 Å². The van der Waals surface area contributed by atoms with Crippen LogP contribution < -0.4 is 5.73 Å². The largest absolute Gasteiger partial charge is 0.421 e. The molecule has 1 fully saturated rings. The number of aliphatic hydroxyl groups is 1. The standard InChI is InChI=1S/C24H20F3N3O3S/c1-23(31,24(25,26)27)18-12-17(5-4-15-2-3-15)22(30-13-18)16-6-8-19(9-7-16)34(32,33)20-10-11-21(28)29-14-20/h6-15,31H,2-3H2,1H3,(H2,28,29)/t23-/m0/s1. The summed E-state index contributed by atoms with van der Waals surface area (Å²) in [6.07, 6.45) is -0.943. The molecule has 1 saturated carbocycles. The molecular formula is C24H20F3N3O3S. The highest BCUT2D eigenvalue weighted by Crippen LogP contribution is 2.39. The van der Waals surface area contributed by atoms with Crippen molar-refractivity contribution in [2.24, 2.45) is 5.92 Å². The van der Waals surface area contributed by atoms with Crippen LogP contribution in [0, 0.1) is 17.8 Å². The van der Waals surface area contributed by atoms with Gasteiger partial charge in [-0.05, 0) is 50.1 Å². The normalized spacial score (nSPS) is 15.8. The van der Waals surface area contributed by atoms with Crippen LogP contribution in [0.1, 0.15) is 30.9 Å². The summed E-state index contributed by atoms with van der Waals surface area (Å²) in [6.45, 7) is 0.660. The molecule has 1 aliphatic carbocycles. The lowest BCUT2D eigenvalue weighted by Crippen LogP contribution is -2.39. The van der Waals surface area contributed by atoms with Crippen molar-refractivity contribution >= 4 is 15.7 Å². The molecule has 0 aliphatic heterocycles. The van der Waals surface area contributed by atoms with E-state index in [0.717, 1.165) is 25.2 Å². The summed E-state index contributed by atoms with van der Waals surface area (Å²) >= 11 is 0. The van der Waals surface area contributed by atoms with Gasteiger partial charge in [0.1, 0.15) is 5.82 Å². The SMILES string of the molecule is C[C@](O)(c1cnc(-c2ccc(S(=O)(=O)c3ccc(N)nc3)cc2)c(C#CC2CC2)c1)C(F)(F)F. The maximum absolute atomic E-state index is 13.3. The minimum absolute atomic E-state index is 0.00469. The predicted octanol–water partition coefficient (Wildman–Crippen LogP) is 4.09. The molecule has 0 spiro atoms. The maximum atomic E-state index is 13.3. The topological polar surface area (TPSA) is 106 Å². The molecule has 0 bridgehead atoms. The van der Waals surface area contributed by atoms with E-state index < -0.39 is 27.2 Å². The van der Waals surface area contributed by atoms with Gasteiger partial charge in [0.2, 0.25) is 9.84 Å². The Kier molecular flexibility index (Phi) is 5.87. The van der Waals surface area contributed by atoms with E-state index in [2.05, 4.69) is 21.8 Å². The molecule has 3 aromatic rings. The molecule has 1 aliphatic rings. The van der Waals surface area contributed by atoms with E-state index in [-0.39, 0.29) is 32.8 Å². The molecule has 0 amide bonds. The van der Waals surface area contributed by atoms with Gasteiger partial charge >= 0.3 is 6.18 Å². The number of sulfone groups is 1. The van der Waals surface area contributed by atoms with Crippen LogP contribution in [0.2, 0.25) is 0 Å². The number of pyridine rings is 2. The lowest BCUT2D eigenvalue weighted by Gasteiger charge is -2.26. The number of alkyl halides is 3. The van der Waals surface area contributed by atoms with E-state index in [1.165, 1.54) is 42.5 Å². The fourth-order valence-corrected chi connectivity index (χ4v) is 4.31. The Morgan fingerprint density at radius 3 is 2.24 bits per heavy atom. The first-order valence-corrected chi connectivity index (χ1v) is 11.8. The van der Waals surface area contributed by atoms with Crippen molar-refractivity contribution in [3.05, 3.63) is 66.0 Å². The minimum Gasteiger partial charge on any atom is -0.384 e. The number of halogens is 3. The predicted molar refractivity (Wildman–Crippen MR) is 119 cm³/mol. The molecule has 0 radical (unpaired) electrons. The highest BCUT2D eigenvalue weighted by atomic mass is 32.2. The number of nitrogens with zero attached hydrogens (tertiary/aromatic N) is 2. The first-order chi connectivity index (χ1) is 15.9. The molecule has 34 heavy (non-hydrogen) atoms. The number of nitrogens with two attached hydrogens (primary N) is 1. The van der Waals surface area contributed by atoms with Crippen molar-refractivity contribution in [2.75, 3.05) is 5.73 Å². The fraction of sp³-hybridized carbons (Fsp3) is 0.250. The molecule has 4 rings (SSSR count). The zero-order valence-electron chi connectivity index (χ0n) is 18.0. The Hall–Kier alpha value is -3.42. The van der Waals surface area contributed by atoms with Gasteiger partial charge in [0.05, 0.1) is 21.0 Å².